The van der Waals surface area contributed by atoms with E-state index in [4.69, 9.17) is 9.47 Å². The van der Waals surface area contributed by atoms with Crippen molar-refractivity contribution >= 4 is 27.5 Å². The van der Waals surface area contributed by atoms with Crippen LogP contribution in [0.15, 0.2) is 71.9 Å². The minimum Gasteiger partial charge on any atom is -0.491 e. The normalized spacial score (nSPS) is 20.1. The van der Waals surface area contributed by atoms with Crippen molar-refractivity contribution in [1.82, 2.24) is 14.8 Å². The van der Waals surface area contributed by atoms with Crippen LogP contribution < -0.4 is 9.46 Å². The van der Waals surface area contributed by atoms with Gasteiger partial charge in [-0.05, 0) is 48.9 Å². The summed E-state index contributed by atoms with van der Waals surface area (Å²) in [6.07, 6.45) is 3.10. The van der Waals surface area contributed by atoms with Crippen LogP contribution >= 0.6 is 0 Å². The quantitative estimate of drug-likeness (QED) is 0.461. The van der Waals surface area contributed by atoms with E-state index >= 15 is 0 Å². The van der Waals surface area contributed by atoms with Crippen LogP contribution in [0, 0.1) is 11.7 Å². The molecule has 4 rings (SSSR count). The van der Waals surface area contributed by atoms with Gasteiger partial charge in [0.1, 0.15) is 18.2 Å². The molecule has 1 aliphatic heterocycles. The number of carbonyl (C=O) groups excluding carboxylic acids is 2. The predicted molar refractivity (Wildman–Crippen MR) is 155 cm³/mol. The van der Waals surface area contributed by atoms with E-state index in [-0.39, 0.29) is 65.3 Å². The highest BCUT2D eigenvalue weighted by atomic mass is 32.2. The molecule has 42 heavy (non-hydrogen) atoms. The number of halogens is 1. The summed E-state index contributed by atoms with van der Waals surface area (Å²) in [5, 5.41) is 0. The summed E-state index contributed by atoms with van der Waals surface area (Å²) in [6.45, 7) is 4.48. The van der Waals surface area contributed by atoms with Gasteiger partial charge in [-0.15, -0.1) is 0 Å². The smallest absolute Gasteiger partial charge is 0.261 e. The predicted octanol–water partition coefficient (Wildman–Crippen LogP) is 3.60. The summed E-state index contributed by atoms with van der Waals surface area (Å²) in [6, 6.07) is 12.2. The van der Waals surface area contributed by atoms with Crippen LogP contribution in [-0.4, -0.2) is 81.0 Å². The van der Waals surface area contributed by atoms with Crippen molar-refractivity contribution in [2.24, 2.45) is 5.92 Å². The molecule has 0 saturated carbocycles. The lowest BCUT2D eigenvalue weighted by Crippen LogP contribution is -2.49. The second kappa shape index (κ2) is 13.3. The molecule has 3 atom stereocenters. The largest absolute Gasteiger partial charge is 0.491 e. The SMILES string of the molecule is CO[C@@H]1CN(C)C(=O)c2ccc(NS(=O)(=O)c3cccc(F)c3)cc2OC[C@@H](C)N(C(=O)Cc2cccnc2)C[C@@H]1C. The van der Waals surface area contributed by atoms with E-state index in [1.54, 1.807) is 37.5 Å². The first-order valence-electron chi connectivity index (χ1n) is 13.5. The fourth-order valence-corrected chi connectivity index (χ4v) is 5.89. The van der Waals surface area contributed by atoms with E-state index in [0.717, 1.165) is 17.7 Å². The molecule has 2 aromatic carbocycles. The average molecular weight is 599 g/mol. The maximum Gasteiger partial charge on any atom is 0.261 e. The van der Waals surface area contributed by atoms with E-state index < -0.39 is 21.9 Å². The molecule has 0 aliphatic carbocycles. The number of rotatable bonds is 6. The van der Waals surface area contributed by atoms with Gasteiger partial charge in [-0.3, -0.25) is 19.3 Å². The number of methoxy groups -OCH3 is 1. The summed E-state index contributed by atoms with van der Waals surface area (Å²) < 4.78 is 53.8. The van der Waals surface area contributed by atoms with E-state index in [0.29, 0.717) is 6.54 Å². The fourth-order valence-electron chi connectivity index (χ4n) is 4.81. The molecule has 1 aromatic heterocycles. The molecule has 12 heteroatoms. The highest BCUT2D eigenvalue weighted by molar-refractivity contribution is 7.92. The molecule has 224 valence electrons. The molecule has 1 N–H and O–H groups in total. The number of likely N-dealkylation sites (N-methyl/N-ethyl adjacent to an activating group) is 1. The first kappa shape index (κ1) is 30.9. The molecule has 0 fully saturated rings. The zero-order valence-electron chi connectivity index (χ0n) is 24.0. The van der Waals surface area contributed by atoms with Gasteiger partial charge < -0.3 is 19.3 Å². The number of sulfonamides is 1. The van der Waals surface area contributed by atoms with Crippen molar-refractivity contribution in [2.45, 2.75) is 37.3 Å². The van der Waals surface area contributed by atoms with E-state index in [1.165, 1.54) is 35.2 Å². The van der Waals surface area contributed by atoms with Crippen LogP contribution in [-0.2, 0) is 26.0 Å². The Kier molecular flexibility index (Phi) is 9.79. The molecule has 0 bridgehead atoms. The third kappa shape index (κ3) is 7.42. The van der Waals surface area contributed by atoms with Crippen LogP contribution in [0.3, 0.4) is 0 Å². The Balaban J connectivity index is 1.66. The van der Waals surface area contributed by atoms with Crippen LogP contribution in [0.4, 0.5) is 10.1 Å². The van der Waals surface area contributed by atoms with Crippen LogP contribution in [0.25, 0.3) is 0 Å². The van der Waals surface area contributed by atoms with Crippen LogP contribution in [0.1, 0.15) is 29.8 Å². The number of ether oxygens (including phenoxy) is 2. The topological polar surface area (TPSA) is 118 Å². The van der Waals surface area contributed by atoms with E-state index in [2.05, 4.69) is 9.71 Å². The van der Waals surface area contributed by atoms with Crippen molar-refractivity contribution in [2.75, 3.05) is 38.6 Å². The molecule has 2 heterocycles. The maximum atomic E-state index is 13.7. The van der Waals surface area contributed by atoms with Gasteiger partial charge in [0.2, 0.25) is 5.91 Å². The molecular formula is C30H35FN4O6S. The lowest BCUT2D eigenvalue weighted by Gasteiger charge is -2.36. The van der Waals surface area contributed by atoms with Crippen molar-refractivity contribution in [1.29, 1.82) is 0 Å². The average Bonchev–Trinajstić information content (AvgIpc) is 2.96. The van der Waals surface area contributed by atoms with E-state index in [9.17, 15) is 22.4 Å². The lowest BCUT2D eigenvalue weighted by atomic mass is 10.0. The number of nitrogens with zero attached hydrogens (tertiary/aromatic N) is 3. The van der Waals surface area contributed by atoms with Crippen molar-refractivity contribution in [3.8, 4) is 5.75 Å². The molecule has 1 aliphatic rings. The number of anilines is 1. The van der Waals surface area contributed by atoms with Gasteiger partial charge in [0.25, 0.3) is 15.9 Å². The second-order valence-corrected chi connectivity index (χ2v) is 12.1. The molecule has 0 saturated heterocycles. The minimum absolute atomic E-state index is 0.0350. The Morgan fingerprint density at radius 2 is 1.93 bits per heavy atom. The standard InChI is InChI=1S/C30H35FN4O6S/c1-20-17-35(29(36)13-22-7-6-12-32-16-22)21(2)19-41-27-15-24(33-42(38,39)25-9-5-8-23(31)14-25)10-11-26(27)30(37)34(3)18-28(20)40-4/h5-12,14-16,20-21,28,33H,13,17-19H2,1-4H3/t20-,21+,28+/m0/s1. The number of fused-ring (bicyclic) bond motifs is 1. The zero-order chi connectivity index (χ0) is 30.4. The zero-order valence-corrected chi connectivity index (χ0v) is 24.8. The van der Waals surface area contributed by atoms with Gasteiger partial charge in [0.05, 0.1) is 34.7 Å². The Morgan fingerprint density at radius 1 is 1.14 bits per heavy atom. The number of amides is 2. The number of pyridine rings is 1. The molecular weight excluding hydrogens is 563 g/mol. The Labute approximate surface area is 245 Å². The van der Waals surface area contributed by atoms with Crippen molar-refractivity contribution < 1.29 is 31.9 Å². The number of aromatic nitrogens is 1. The Morgan fingerprint density at radius 3 is 2.62 bits per heavy atom. The molecule has 0 radical (unpaired) electrons. The Bertz CT molecular complexity index is 1520. The first-order chi connectivity index (χ1) is 20.0. The maximum absolute atomic E-state index is 13.7. The monoisotopic (exact) mass is 598 g/mol. The van der Waals surface area contributed by atoms with Gasteiger partial charge in [-0.2, -0.15) is 0 Å². The minimum atomic E-state index is -4.12. The number of hydrogen-bond donors (Lipinski definition) is 1. The number of benzene rings is 2. The fraction of sp³-hybridized carbons (Fsp3) is 0.367. The van der Waals surface area contributed by atoms with Gasteiger partial charge in [0, 0.05) is 51.6 Å². The lowest BCUT2D eigenvalue weighted by molar-refractivity contribution is -0.134. The highest BCUT2D eigenvalue weighted by Crippen LogP contribution is 2.28. The number of hydrogen-bond acceptors (Lipinski definition) is 7. The van der Waals surface area contributed by atoms with Crippen molar-refractivity contribution in [3.63, 3.8) is 0 Å². The summed E-state index contributed by atoms with van der Waals surface area (Å²) in [7, 11) is -0.901. The summed E-state index contributed by atoms with van der Waals surface area (Å²) in [5.41, 5.74) is 1.12. The van der Waals surface area contributed by atoms with Crippen LogP contribution in [0.5, 0.6) is 5.75 Å². The molecule has 0 spiro atoms. The van der Waals surface area contributed by atoms with Crippen molar-refractivity contribution in [3.05, 3.63) is 83.9 Å². The second-order valence-electron chi connectivity index (χ2n) is 10.5. The van der Waals surface area contributed by atoms with Gasteiger partial charge in [-0.1, -0.05) is 19.1 Å². The third-order valence-corrected chi connectivity index (χ3v) is 8.58. The summed E-state index contributed by atoms with van der Waals surface area (Å²) in [5.74, 6) is -1.10. The molecule has 0 unspecified atom stereocenters. The molecule has 2 amide bonds. The van der Waals surface area contributed by atoms with Gasteiger partial charge >= 0.3 is 0 Å². The van der Waals surface area contributed by atoms with Gasteiger partial charge in [-0.25, -0.2) is 12.8 Å². The molecule has 10 nitrogen and oxygen atoms in total. The third-order valence-electron chi connectivity index (χ3n) is 7.20. The number of nitrogens with one attached hydrogen (secondary N) is 1. The van der Waals surface area contributed by atoms with E-state index in [1.807, 2.05) is 19.9 Å². The van der Waals surface area contributed by atoms with Crippen LogP contribution in [0.2, 0.25) is 0 Å². The van der Waals surface area contributed by atoms with Gasteiger partial charge in [0.15, 0.2) is 0 Å². The molecule has 3 aromatic rings. The summed E-state index contributed by atoms with van der Waals surface area (Å²) >= 11 is 0. The highest BCUT2D eigenvalue weighted by Gasteiger charge is 2.30. The Hall–Kier alpha value is -4.03. The number of carbonyl (C=O) groups is 2. The summed E-state index contributed by atoms with van der Waals surface area (Å²) in [4.78, 5) is 34.1. The first-order valence-corrected chi connectivity index (χ1v) is 15.0.